The highest BCUT2D eigenvalue weighted by Gasteiger charge is 2.21. The van der Waals surface area contributed by atoms with E-state index in [1.54, 1.807) is 0 Å². The van der Waals surface area contributed by atoms with Crippen LogP contribution >= 0.6 is 0 Å². The quantitative estimate of drug-likeness (QED) is 0.525. The summed E-state index contributed by atoms with van der Waals surface area (Å²) in [6.07, 6.45) is 0.843. The van der Waals surface area contributed by atoms with Gasteiger partial charge in [-0.3, -0.25) is 0 Å². The summed E-state index contributed by atoms with van der Waals surface area (Å²) in [5.74, 6) is -4.16. The van der Waals surface area contributed by atoms with Gasteiger partial charge in [0.1, 0.15) is 6.04 Å². The monoisotopic (exact) mass is 259 g/mol. The van der Waals surface area contributed by atoms with Gasteiger partial charge >= 0.3 is 23.9 Å². The number of rotatable bonds is 0. The van der Waals surface area contributed by atoms with Crippen molar-refractivity contribution in [1.82, 2.24) is 0 Å². The normalized spacial score (nSPS) is 24.4. The molecule has 0 saturated heterocycles. The van der Waals surface area contributed by atoms with Crippen molar-refractivity contribution in [2.45, 2.75) is 18.9 Å². The van der Waals surface area contributed by atoms with Gasteiger partial charge in [-0.25, -0.2) is 38.7 Å². The van der Waals surface area contributed by atoms with Gasteiger partial charge in [-0.2, -0.15) is 0 Å². The molecule has 0 fully saturated rings. The lowest BCUT2D eigenvalue weighted by molar-refractivity contribution is -0.256. The standard InChI is InChI=1S/C9H9NO8/c10-5-1-2-6(11)15-16-7(12)3-4-8(13)17-18-9(5)14/h3-5H,1-2,10H2/b4-3-. The molecule has 98 valence electrons. The van der Waals surface area contributed by atoms with Crippen LogP contribution in [0.2, 0.25) is 0 Å². The van der Waals surface area contributed by atoms with Gasteiger partial charge in [0.2, 0.25) is 0 Å². The lowest BCUT2D eigenvalue weighted by atomic mass is 10.2. The van der Waals surface area contributed by atoms with Crippen LogP contribution in [0.15, 0.2) is 12.2 Å². The van der Waals surface area contributed by atoms with E-state index in [9.17, 15) is 19.2 Å². The molecule has 0 spiro atoms. The fourth-order valence-electron chi connectivity index (χ4n) is 0.856. The fraction of sp³-hybridized carbons (Fsp3) is 0.333. The van der Waals surface area contributed by atoms with Crippen molar-refractivity contribution in [3.05, 3.63) is 12.2 Å². The smallest absolute Gasteiger partial charge is 0.318 e. The van der Waals surface area contributed by atoms with Crippen LogP contribution in [0, 0.1) is 0 Å². The minimum absolute atomic E-state index is 0.125. The largest absolute Gasteiger partial charge is 0.379 e. The maximum Gasteiger partial charge on any atom is 0.379 e. The summed E-state index contributed by atoms with van der Waals surface area (Å²) >= 11 is 0. The van der Waals surface area contributed by atoms with E-state index in [2.05, 4.69) is 19.6 Å². The molecule has 0 aromatic heterocycles. The summed E-state index contributed by atoms with van der Waals surface area (Å²) < 4.78 is 0. The Morgan fingerprint density at radius 1 is 0.944 bits per heavy atom. The molecule has 1 aliphatic rings. The van der Waals surface area contributed by atoms with Crippen molar-refractivity contribution < 1.29 is 38.7 Å². The highest BCUT2D eigenvalue weighted by Crippen LogP contribution is 2.02. The van der Waals surface area contributed by atoms with Gasteiger partial charge in [0.25, 0.3) is 0 Å². The molecule has 0 aromatic carbocycles. The maximum absolute atomic E-state index is 11.1. The Balaban J connectivity index is 2.70. The second-order valence-corrected chi connectivity index (χ2v) is 3.14. The lowest BCUT2D eigenvalue weighted by Crippen LogP contribution is -2.33. The Hall–Kier alpha value is -2.42. The number of hydrogen-bond acceptors (Lipinski definition) is 9. The predicted molar refractivity (Wildman–Crippen MR) is 50.7 cm³/mol. The highest BCUT2D eigenvalue weighted by atomic mass is 17.2. The van der Waals surface area contributed by atoms with Gasteiger partial charge in [-0.05, 0) is 6.42 Å². The summed E-state index contributed by atoms with van der Waals surface area (Å²) in [7, 11) is 0. The van der Waals surface area contributed by atoms with Crippen molar-refractivity contribution in [3.8, 4) is 0 Å². The number of hydrogen-bond donors (Lipinski definition) is 1. The van der Waals surface area contributed by atoms with Crippen LogP contribution in [0.4, 0.5) is 0 Å². The van der Waals surface area contributed by atoms with Crippen LogP contribution in [-0.2, 0) is 38.7 Å². The SMILES string of the molecule is NC1CCC(=O)OOC(=O)/C=C\C(=O)OOC1=O. The van der Waals surface area contributed by atoms with Crippen LogP contribution < -0.4 is 5.73 Å². The third-order valence-corrected chi connectivity index (χ3v) is 1.74. The molecule has 0 bridgehead atoms. The lowest BCUT2D eigenvalue weighted by Gasteiger charge is -2.07. The van der Waals surface area contributed by atoms with Crippen molar-refractivity contribution in [2.24, 2.45) is 5.73 Å². The van der Waals surface area contributed by atoms with E-state index in [-0.39, 0.29) is 12.8 Å². The molecule has 18 heavy (non-hydrogen) atoms. The topological polar surface area (TPSA) is 131 Å². The molecular weight excluding hydrogens is 250 g/mol. The van der Waals surface area contributed by atoms with Crippen molar-refractivity contribution >= 4 is 23.9 Å². The minimum Gasteiger partial charge on any atom is -0.318 e. The van der Waals surface area contributed by atoms with E-state index < -0.39 is 29.9 Å². The Morgan fingerprint density at radius 3 is 2.11 bits per heavy atom. The third kappa shape index (κ3) is 4.61. The van der Waals surface area contributed by atoms with Crippen LogP contribution in [0.3, 0.4) is 0 Å². The zero-order valence-corrected chi connectivity index (χ0v) is 8.99. The zero-order chi connectivity index (χ0) is 13.5. The Labute approximate surface area is 100 Å². The molecule has 1 aliphatic heterocycles. The molecule has 9 heteroatoms. The van der Waals surface area contributed by atoms with E-state index in [0.29, 0.717) is 12.2 Å². The minimum atomic E-state index is -1.18. The molecule has 0 amide bonds. The molecule has 0 radical (unpaired) electrons. The van der Waals surface area contributed by atoms with E-state index in [1.165, 1.54) is 0 Å². The number of carbonyl (C=O) groups excluding carboxylic acids is 4. The van der Waals surface area contributed by atoms with Gasteiger partial charge < -0.3 is 5.73 Å². The Morgan fingerprint density at radius 2 is 1.50 bits per heavy atom. The van der Waals surface area contributed by atoms with E-state index in [1.807, 2.05) is 0 Å². The number of carbonyl (C=O) groups is 4. The van der Waals surface area contributed by atoms with Gasteiger partial charge in [0.05, 0.1) is 6.42 Å². The molecule has 2 N–H and O–H groups in total. The van der Waals surface area contributed by atoms with Gasteiger partial charge in [-0.15, -0.1) is 0 Å². The average molecular weight is 259 g/mol. The average Bonchev–Trinajstić information content (AvgIpc) is 2.36. The van der Waals surface area contributed by atoms with Gasteiger partial charge in [0, 0.05) is 12.2 Å². The first kappa shape index (κ1) is 13.6. The first-order valence-electron chi connectivity index (χ1n) is 4.76. The van der Waals surface area contributed by atoms with Crippen molar-refractivity contribution in [3.63, 3.8) is 0 Å². The van der Waals surface area contributed by atoms with Gasteiger partial charge in [0.15, 0.2) is 0 Å². The second kappa shape index (κ2) is 6.35. The van der Waals surface area contributed by atoms with Crippen molar-refractivity contribution in [2.75, 3.05) is 0 Å². The van der Waals surface area contributed by atoms with Gasteiger partial charge in [-0.1, -0.05) is 0 Å². The highest BCUT2D eigenvalue weighted by molar-refractivity contribution is 5.92. The van der Waals surface area contributed by atoms with E-state index in [0.717, 1.165) is 0 Å². The fourth-order valence-corrected chi connectivity index (χ4v) is 0.856. The van der Waals surface area contributed by atoms with E-state index >= 15 is 0 Å². The summed E-state index contributed by atoms with van der Waals surface area (Å²) in [4.78, 5) is 60.2. The Bertz CT molecular complexity index is 401. The molecular formula is C9H9NO8. The molecule has 1 unspecified atom stereocenters. The summed E-state index contributed by atoms with van der Waals surface area (Å²) in [5.41, 5.74) is 5.33. The molecule has 1 atom stereocenters. The molecule has 0 saturated carbocycles. The zero-order valence-electron chi connectivity index (χ0n) is 8.99. The molecule has 0 aliphatic carbocycles. The first-order chi connectivity index (χ1) is 8.49. The van der Waals surface area contributed by atoms with Crippen LogP contribution in [-0.4, -0.2) is 29.9 Å². The second-order valence-electron chi connectivity index (χ2n) is 3.14. The summed E-state index contributed by atoms with van der Waals surface area (Å²) in [6.45, 7) is 0. The van der Waals surface area contributed by atoms with Crippen LogP contribution in [0.25, 0.3) is 0 Å². The maximum atomic E-state index is 11.1. The molecule has 9 nitrogen and oxygen atoms in total. The van der Waals surface area contributed by atoms with Crippen LogP contribution in [0.1, 0.15) is 12.8 Å². The molecule has 1 heterocycles. The third-order valence-electron chi connectivity index (χ3n) is 1.74. The van der Waals surface area contributed by atoms with Crippen LogP contribution in [0.5, 0.6) is 0 Å². The predicted octanol–water partition coefficient (Wildman–Crippen LogP) is -1.33. The van der Waals surface area contributed by atoms with Crippen molar-refractivity contribution in [1.29, 1.82) is 0 Å². The molecule has 0 aromatic rings. The summed E-state index contributed by atoms with van der Waals surface area (Å²) in [5, 5.41) is 0. The molecule has 1 rings (SSSR count). The summed E-state index contributed by atoms with van der Waals surface area (Å²) in [6, 6.07) is -1.18. The first-order valence-corrected chi connectivity index (χ1v) is 4.76. The Kier molecular flexibility index (Phi) is 4.81. The number of nitrogens with two attached hydrogens (primary N) is 1. The van der Waals surface area contributed by atoms with E-state index in [4.69, 9.17) is 5.73 Å².